The lowest BCUT2D eigenvalue weighted by atomic mass is 10.2. The Bertz CT molecular complexity index is 1150. The van der Waals surface area contributed by atoms with Crippen LogP contribution in [0.3, 0.4) is 0 Å². The van der Waals surface area contributed by atoms with Crippen molar-refractivity contribution < 1.29 is 13.9 Å². The molecule has 0 radical (unpaired) electrons. The number of hydrogen-bond acceptors (Lipinski definition) is 7. The zero-order chi connectivity index (χ0) is 20.2. The fourth-order valence-corrected chi connectivity index (χ4v) is 3.08. The van der Waals surface area contributed by atoms with E-state index in [-0.39, 0.29) is 12.4 Å². The summed E-state index contributed by atoms with van der Waals surface area (Å²) in [6.07, 6.45) is 4.50. The quantitative estimate of drug-likeness (QED) is 0.407. The van der Waals surface area contributed by atoms with Gasteiger partial charge in [-0.05, 0) is 24.3 Å². The number of fused-ring (bicyclic) bond motifs is 1. The molecule has 0 atom stereocenters. The number of nitrogens with zero attached hydrogens (tertiary/aromatic N) is 5. The van der Waals surface area contributed by atoms with Crippen LogP contribution in [0.2, 0.25) is 0 Å². The van der Waals surface area contributed by atoms with Gasteiger partial charge in [-0.15, -0.1) is 12.4 Å². The molecule has 0 spiro atoms. The molecule has 0 saturated carbocycles. The van der Waals surface area contributed by atoms with Crippen molar-refractivity contribution in [3.8, 4) is 11.5 Å². The first-order valence-corrected chi connectivity index (χ1v) is 9.43. The van der Waals surface area contributed by atoms with Gasteiger partial charge in [-0.25, -0.2) is 24.0 Å². The Morgan fingerprint density at radius 1 is 1.13 bits per heavy atom. The van der Waals surface area contributed by atoms with E-state index in [1.54, 1.807) is 42.4 Å². The molecule has 4 aromatic rings. The lowest BCUT2D eigenvalue weighted by Crippen LogP contribution is -2.09. The molecule has 0 aliphatic heterocycles. The van der Waals surface area contributed by atoms with E-state index in [1.807, 2.05) is 0 Å². The van der Waals surface area contributed by atoms with Gasteiger partial charge in [-0.3, -0.25) is 0 Å². The van der Waals surface area contributed by atoms with Crippen molar-refractivity contribution in [3.05, 3.63) is 59.6 Å². The maximum Gasteiger partial charge on any atom is 0.163 e. The number of ether oxygens (including phenoxy) is 2. The highest BCUT2D eigenvalue weighted by molar-refractivity contribution is 9.10. The summed E-state index contributed by atoms with van der Waals surface area (Å²) in [7, 11) is 1.55. The molecule has 156 valence electrons. The third-order valence-corrected chi connectivity index (χ3v) is 4.64. The first-order valence-electron chi connectivity index (χ1n) is 8.64. The maximum absolute atomic E-state index is 14.2. The molecule has 2 aromatic carbocycles. The molecule has 4 rings (SSSR count). The molecule has 0 bridgehead atoms. The number of anilines is 2. The number of methoxy groups -OCH3 is 1. The van der Waals surface area contributed by atoms with Crippen LogP contribution < -0.4 is 14.8 Å². The number of rotatable bonds is 7. The van der Waals surface area contributed by atoms with Crippen LogP contribution in [-0.4, -0.2) is 38.4 Å². The van der Waals surface area contributed by atoms with Crippen LogP contribution in [-0.2, 0) is 6.54 Å². The summed E-state index contributed by atoms with van der Waals surface area (Å²) >= 11 is 3.25. The predicted octanol–water partition coefficient (Wildman–Crippen LogP) is 4.38. The topological polar surface area (TPSA) is 87.0 Å². The van der Waals surface area contributed by atoms with Gasteiger partial charge in [0.15, 0.2) is 11.5 Å². The van der Waals surface area contributed by atoms with Gasteiger partial charge in [-0.1, -0.05) is 15.9 Å². The molecule has 30 heavy (non-hydrogen) atoms. The van der Waals surface area contributed by atoms with Crippen molar-refractivity contribution in [3.63, 3.8) is 0 Å². The third-order valence-electron chi connectivity index (χ3n) is 4.15. The summed E-state index contributed by atoms with van der Waals surface area (Å²) < 4.78 is 27.8. The second-order valence-corrected chi connectivity index (χ2v) is 6.91. The SMILES string of the molecule is COc1cc2c(Nc3ccc(Br)cc3F)ncnc2cc1OCCn1cncn1.Cl. The van der Waals surface area contributed by atoms with E-state index >= 15 is 0 Å². The van der Waals surface area contributed by atoms with Crippen LogP contribution in [0.1, 0.15) is 0 Å². The molecule has 0 aliphatic rings. The van der Waals surface area contributed by atoms with Gasteiger partial charge in [0.25, 0.3) is 0 Å². The van der Waals surface area contributed by atoms with E-state index in [4.69, 9.17) is 9.47 Å². The third kappa shape index (κ3) is 4.77. The molecule has 0 aliphatic carbocycles. The lowest BCUT2D eigenvalue weighted by molar-refractivity contribution is 0.274. The van der Waals surface area contributed by atoms with E-state index in [1.165, 1.54) is 18.7 Å². The smallest absolute Gasteiger partial charge is 0.163 e. The Hall–Kier alpha value is -2.98. The minimum atomic E-state index is -0.397. The highest BCUT2D eigenvalue weighted by Gasteiger charge is 2.13. The molecule has 0 fully saturated rings. The Kier molecular flexibility index (Phi) is 7.01. The number of benzene rings is 2. The van der Waals surface area contributed by atoms with Gasteiger partial charge >= 0.3 is 0 Å². The maximum atomic E-state index is 14.2. The van der Waals surface area contributed by atoms with E-state index in [0.29, 0.717) is 51.5 Å². The van der Waals surface area contributed by atoms with Crippen LogP contribution in [0.5, 0.6) is 11.5 Å². The summed E-state index contributed by atoms with van der Waals surface area (Å²) in [5, 5.41) is 7.73. The molecule has 2 aromatic heterocycles. The van der Waals surface area contributed by atoms with Crippen molar-refractivity contribution >= 4 is 50.7 Å². The molecule has 1 N–H and O–H groups in total. The van der Waals surface area contributed by atoms with Gasteiger partial charge in [0.1, 0.15) is 37.2 Å². The van der Waals surface area contributed by atoms with Crippen LogP contribution in [0.4, 0.5) is 15.9 Å². The highest BCUT2D eigenvalue weighted by Crippen LogP contribution is 2.35. The molecule has 0 amide bonds. The van der Waals surface area contributed by atoms with Crippen molar-refractivity contribution in [2.24, 2.45) is 0 Å². The van der Waals surface area contributed by atoms with Crippen LogP contribution >= 0.6 is 28.3 Å². The molecule has 8 nitrogen and oxygen atoms in total. The summed E-state index contributed by atoms with van der Waals surface area (Å²) in [5.74, 6) is 1.12. The van der Waals surface area contributed by atoms with Gasteiger partial charge in [0.05, 0.1) is 24.9 Å². The fourth-order valence-electron chi connectivity index (χ4n) is 2.75. The predicted molar refractivity (Wildman–Crippen MR) is 116 cm³/mol. The number of aromatic nitrogens is 5. The van der Waals surface area contributed by atoms with E-state index in [2.05, 4.69) is 41.3 Å². The Morgan fingerprint density at radius 3 is 2.73 bits per heavy atom. The number of nitrogens with one attached hydrogen (secondary N) is 1. The van der Waals surface area contributed by atoms with E-state index < -0.39 is 5.82 Å². The molecular formula is C19H17BrClFN6O2. The monoisotopic (exact) mass is 494 g/mol. The lowest BCUT2D eigenvalue weighted by Gasteiger charge is -2.14. The standard InChI is InChI=1S/C19H16BrFN6O2.ClH/c1-28-17-7-13-16(8-18(17)29-5-4-27-11-22-9-25-27)23-10-24-19(13)26-15-3-2-12(20)6-14(15)21;/h2-3,6-11H,4-5H2,1H3,(H,23,24,26);1H. The average Bonchev–Trinajstić information content (AvgIpc) is 3.23. The van der Waals surface area contributed by atoms with Crippen LogP contribution in [0, 0.1) is 5.82 Å². The van der Waals surface area contributed by atoms with Crippen LogP contribution in [0.15, 0.2) is 53.8 Å². The summed E-state index contributed by atoms with van der Waals surface area (Å²) in [5.41, 5.74) is 0.942. The Labute approximate surface area is 186 Å². The van der Waals surface area contributed by atoms with Crippen molar-refractivity contribution in [2.45, 2.75) is 6.54 Å². The van der Waals surface area contributed by atoms with Gasteiger partial charge < -0.3 is 14.8 Å². The van der Waals surface area contributed by atoms with Crippen molar-refractivity contribution in [1.29, 1.82) is 0 Å². The molecule has 2 heterocycles. The Balaban J connectivity index is 0.00000256. The molecule has 0 saturated heterocycles. The Morgan fingerprint density at radius 2 is 2.00 bits per heavy atom. The summed E-state index contributed by atoms with van der Waals surface area (Å²) in [4.78, 5) is 12.4. The molecule has 11 heteroatoms. The van der Waals surface area contributed by atoms with Crippen molar-refractivity contribution in [2.75, 3.05) is 19.0 Å². The average molecular weight is 496 g/mol. The summed E-state index contributed by atoms with van der Waals surface area (Å²) in [6.45, 7) is 0.923. The minimum Gasteiger partial charge on any atom is -0.493 e. The largest absolute Gasteiger partial charge is 0.493 e. The van der Waals surface area contributed by atoms with Crippen molar-refractivity contribution in [1.82, 2.24) is 24.7 Å². The van der Waals surface area contributed by atoms with Crippen LogP contribution in [0.25, 0.3) is 10.9 Å². The zero-order valence-corrected chi connectivity index (χ0v) is 18.2. The second kappa shape index (κ2) is 9.68. The molecule has 0 unspecified atom stereocenters. The van der Waals surface area contributed by atoms with Gasteiger partial charge in [0.2, 0.25) is 0 Å². The zero-order valence-electron chi connectivity index (χ0n) is 15.7. The number of hydrogen-bond donors (Lipinski definition) is 1. The second-order valence-electron chi connectivity index (χ2n) is 6.00. The number of halogens is 3. The van der Waals surface area contributed by atoms with Gasteiger partial charge in [-0.2, -0.15) is 5.10 Å². The highest BCUT2D eigenvalue weighted by atomic mass is 79.9. The molecular weight excluding hydrogens is 479 g/mol. The van der Waals surface area contributed by atoms with Gasteiger partial charge in [0, 0.05) is 15.9 Å². The minimum absolute atomic E-state index is 0. The fraction of sp³-hybridized carbons (Fsp3) is 0.158. The summed E-state index contributed by atoms with van der Waals surface area (Å²) in [6, 6.07) is 8.29. The van der Waals surface area contributed by atoms with E-state index in [9.17, 15) is 4.39 Å². The first-order chi connectivity index (χ1) is 14.1. The normalized spacial score (nSPS) is 10.5. The first kappa shape index (κ1) is 21.7. The van der Waals surface area contributed by atoms with E-state index in [0.717, 1.165) is 0 Å².